The first-order valence-electron chi connectivity index (χ1n) is 12.5. The topological polar surface area (TPSA) is 96.5 Å². The number of nitrogens with zero attached hydrogens (tertiary/aromatic N) is 3. The van der Waals surface area contributed by atoms with Crippen molar-refractivity contribution in [3.05, 3.63) is 76.7 Å². The number of benzene rings is 2. The molecule has 0 bridgehead atoms. The standard InChI is InChI=1S/C28H30FN5O3/c1-17-14-30-28(32-21-9-11-37-12-10-21)33-26(17)19-7-8-20-15-34(27(36)23(20)13-19)16-25(35)31-18(2)22-5-3-4-6-24(22)29/h3-8,13-14,18,21H,9-12,15-16H2,1-2H3,(H,31,35)(H,30,32,33). The summed E-state index contributed by atoms with van der Waals surface area (Å²) in [6.07, 6.45) is 3.59. The number of fused-ring (bicyclic) bond motifs is 1. The molecular formula is C28H30FN5O3. The van der Waals surface area contributed by atoms with Crippen LogP contribution in [-0.2, 0) is 16.1 Å². The normalized spacial score (nSPS) is 16.4. The van der Waals surface area contributed by atoms with E-state index in [9.17, 15) is 14.0 Å². The lowest BCUT2D eigenvalue weighted by Crippen LogP contribution is -2.38. The molecule has 3 heterocycles. The van der Waals surface area contributed by atoms with Gasteiger partial charge in [0, 0.05) is 48.7 Å². The lowest BCUT2D eigenvalue weighted by molar-refractivity contribution is -0.122. The summed E-state index contributed by atoms with van der Waals surface area (Å²) in [5.41, 5.74) is 4.31. The molecule has 37 heavy (non-hydrogen) atoms. The average molecular weight is 504 g/mol. The van der Waals surface area contributed by atoms with Crippen LogP contribution < -0.4 is 10.6 Å². The Morgan fingerprint density at radius 2 is 2.00 bits per heavy atom. The van der Waals surface area contributed by atoms with Crippen LogP contribution in [0.2, 0.25) is 0 Å². The number of nitrogens with one attached hydrogen (secondary N) is 2. The third kappa shape index (κ3) is 5.46. The quantitative estimate of drug-likeness (QED) is 0.506. The lowest BCUT2D eigenvalue weighted by Gasteiger charge is -2.23. The fourth-order valence-electron chi connectivity index (χ4n) is 4.83. The number of amides is 2. The van der Waals surface area contributed by atoms with Gasteiger partial charge in [0.15, 0.2) is 0 Å². The second-order valence-corrected chi connectivity index (χ2v) is 9.60. The van der Waals surface area contributed by atoms with E-state index in [1.54, 1.807) is 31.3 Å². The number of hydrogen-bond acceptors (Lipinski definition) is 6. The van der Waals surface area contributed by atoms with E-state index in [2.05, 4.69) is 15.6 Å². The van der Waals surface area contributed by atoms with E-state index >= 15 is 0 Å². The van der Waals surface area contributed by atoms with E-state index in [1.165, 1.54) is 11.0 Å². The largest absolute Gasteiger partial charge is 0.381 e. The fourth-order valence-corrected chi connectivity index (χ4v) is 4.83. The second kappa shape index (κ2) is 10.6. The van der Waals surface area contributed by atoms with E-state index in [1.807, 2.05) is 25.1 Å². The van der Waals surface area contributed by atoms with Crippen LogP contribution in [0.15, 0.2) is 48.7 Å². The molecule has 2 aliphatic heterocycles. The summed E-state index contributed by atoms with van der Waals surface area (Å²) in [5, 5.41) is 6.18. The molecule has 1 atom stereocenters. The first-order valence-corrected chi connectivity index (χ1v) is 12.5. The second-order valence-electron chi connectivity index (χ2n) is 9.60. The van der Waals surface area contributed by atoms with Crippen molar-refractivity contribution in [2.24, 2.45) is 0 Å². The molecule has 0 radical (unpaired) electrons. The Hall–Kier alpha value is -3.85. The minimum Gasteiger partial charge on any atom is -0.381 e. The zero-order chi connectivity index (χ0) is 25.9. The van der Waals surface area contributed by atoms with Gasteiger partial charge in [-0.2, -0.15) is 0 Å². The first kappa shape index (κ1) is 24.8. The van der Waals surface area contributed by atoms with Gasteiger partial charge in [-0.05, 0) is 49.9 Å². The number of aryl methyl sites for hydroxylation is 1. The Balaban J connectivity index is 1.27. The summed E-state index contributed by atoms with van der Waals surface area (Å²) in [6, 6.07) is 11.8. The van der Waals surface area contributed by atoms with Gasteiger partial charge in [0.1, 0.15) is 12.4 Å². The number of carbonyl (C=O) groups excluding carboxylic acids is 2. The monoisotopic (exact) mass is 503 g/mol. The first-order chi connectivity index (χ1) is 17.9. The molecule has 5 rings (SSSR count). The summed E-state index contributed by atoms with van der Waals surface area (Å²) in [7, 11) is 0. The molecule has 192 valence electrons. The zero-order valence-corrected chi connectivity index (χ0v) is 21.0. The smallest absolute Gasteiger partial charge is 0.254 e. The number of hydrogen-bond donors (Lipinski definition) is 2. The van der Waals surface area contributed by atoms with Crippen LogP contribution in [0.1, 0.15) is 52.9 Å². The van der Waals surface area contributed by atoms with Gasteiger partial charge < -0.3 is 20.3 Å². The summed E-state index contributed by atoms with van der Waals surface area (Å²) in [6.45, 7) is 5.34. The molecule has 0 spiro atoms. The Morgan fingerprint density at radius 1 is 1.22 bits per heavy atom. The fraction of sp³-hybridized carbons (Fsp3) is 0.357. The van der Waals surface area contributed by atoms with Crippen LogP contribution >= 0.6 is 0 Å². The Labute approximate surface area is 215 Å². The molecule has 2 amide bonds. The van der Waals surface area contributed by atoms with Gasteiger partial charge in [-0.3, -0.25) is 9.59 Å². The summed E-state index contributed by atoms with van der Waals surface area (Å²) >= 11 is 0. The van der Waals surface area contributed by atoms with Crippen molar-refractivity contribution < 1.29 is 18.7 Å². The highest BCUT2D eigenvalue weighted by Crippen LogP contribution is 2.30. The molecule has 0 aliphatic carbocycles. The molecule has 2 aromatic carbocycles. The summed E-state index contributed by atoms with van der Waals surface area (Å²) < 4.78 is 19.5. The predicted octanol–water partition coefficient (Wildman–Crippen LogP) is 4.02. The Bertz CT molecular complexity index is 1320. The number of rotatable bonds is 7. The summed E-state index contributed by atoms with van der Waals surface area (Å²) in [5.74, 6) is -0.370. The maximum absolute atomic E-state index is 14.1. The van der Waals surface area contributed by atoms with Crippen LogP contribution in [0.4, 0.5) is 10.3 Å². The van der Waals surface area contributed by atoms with Crippen molar-refractivity contribution in [3.63, 3.8) is 0 Å². The average Bonchev–Trinajstić information content (AvgIpc) is 3.20. The van der Waals surface area contributed by atoms with Crippen molar-refractivity contribution in [1.29, 1.82) is 0 Å². The number of aromatic nitrogens is 2. The van der Waals surface area contributed by atoms with Crippen LogP contribution in [0.5, 0.6) is 0 Å². The SMILES string of the molecule is Cc1cnc(NC2CCOCC2)nc1-c1ccc2c(c1)C(=O)N(CC(=O)NC(C)c1ccccc1F)C2. The molecule has 1 saturated heterocycles. The molecular weight excluding hydrogens is 473 g/mol. The maximum atomic E-state index is 14.1. The molecule has 1 unspecified atom stereocenters. The van der Waals surface area contributed by atoms with Crippen molar-refractivity contribution in [2.75, 3.05) is 25.1 Å². The number of anilines is 1. The molecule has 8 nitrogen and oxygen atoms in total. The van der Waals surface area contributed by atoms with Gasteiger partial charge in [0.2, 0.25) is 11.9 Å². The van der Waals surface area contributed by atoms with Crippen molar-refractivity contribution in [3.8, 4) is 11.3 Å². The number of halogens is 1. The van der Waals surface area contributed by atoms with Gasteiger partial charge in [-0.15, -0.1) is 0 Å². The van der Waals surface area contributed by atoms with Crippen LogP contribution in [0.3, 0.4) is 0 Å². The highest BCUT2D eigenvalue weighted by molar-refractivity contribution is 6.01. The molecule has 2 aliphatic rings. The Morgan fingerprint density at radius 3 is 2.78 bits per heavy atom. The van der Waals surface area contributed by atoms with Gasteiger partial charge in [0.25, 0.3) is 5.91 Å². The number of ether oxygens (including phenoxy) is 1. The maximum Gasteiger partial charge on any atom is 0.254 e. The minimum absolute atomic E-state index is 0.104. The minimum atomic E-state index is -0.509. The third-order valence-corrected chi connectivity index (χ3v) is 6.87. The molecule has 9 heteroatoms. The van der Waals surface area contributed by atoms with Gasteiger partial charge in [-0.1, -0.05) is 30.3 Å². The molecule has 1 fully saturated rings. The number of carbonyl (C=O) groups is 2. The van der Waals surface area contributed by atoms with Crippen LogP contribution in [0.25, 0.3) is 11.3 Å². The van der Waals surface area contributed by atoms with Crippen LogP contribution in [0, 0.1) is 12.7 Å². The molecule has 1 aromatic heterocycles. The van der Waals surface area contributed by atoms with Crippen molar-refractivity contribution in [2.45, 2.75) is 45.3 Å². The third-order valence-electron chi connectivity index (χ3n) is 6.87. The summed E-state index contributed by atoms with van der Waals surface area (Å²) in [4.78, 5) is 36.5. The van der Waals surface area contributed by atoms with E-state index in [0.717, 1.165) is 48.4 Å². The predicted molar refractivity (Wildman–Crippen MR) is 137 cm³/mol. The van der Waals surface area contributed by atoms with Gasteiger partial charge in [-0.25, -0.2) is 14.4 Å². The van der Waals surface area contributed by atoms with E-state index in [0.29, 0.717) is 23.6 Å². The van der Waals surface area contributed by atoms with Crippen LogP contribution in [-0.4, -0.2) is 52.5 Å². The highest BCUT2D eigenvalue weighted by Gasteiger charge is 2.30. The molecule has 3 aromatic rings. The molecule has 2 N–H and O–H groups in total. The van der Waals surface area contributed by atoms with Gasteiger partial charge >= 0.3 is 0 Å². The van der Waals surface area contributed by atoms with E-state index in [4.69, 9.17) is 9.72 Å². The van der Waals surface area contributed by atoms with E-state index in [-0.39, 0.29) is 30.2 Å². The lowest BCUT2D eigenvalue weighted by atomic mass is 10.0. The highest BCUT2D eigenvalue weighted by atomic mass is 19.1. The van der Waals surface area contributed by atoms with Crippen molar-refractivity contribution >= 4 is 17.8 Å². The zero-order valence-electron chi connectivity index (χ0n) is 21.0. The van der Waals surface area contributed by atoms with Gasteiger partial charge in [0.05, 0.1) is 11.7 Å². The Kier molecular flexibility index (Phi) is 7.14. The molecule has 0 saturated carbocycles. The van der Waals surface area contributed by atoms with Crippen molar-refractivity contribution in [1.82, 2.24) is 20.2 Å². The van der Waals surface area contributed by atoms with E-state index < -0.39 is 6.04 Å².